The molecular formula is C12H12Cl2F5N5O5S3. The average Bonchev–Trinajstić information content (AvgIpc) is 2.79. The molecule has 1 aromatic carbocycles. The summed E-state index contributed by atoms with van der Waals surface area (Å²) in [5.41, 5.74) is 7.89. The number of nitrogen functional groups attached to an aromatic ring is 1. The van der Waals surface area contributed by atoms with E-state index in [-0.39, 0.29) is 15.8 Å². The third-order valence-corrected chi connectivity index (χ3v) is 8.46. The van der Waals surface area contributed by atoms with E-state index in [1.54, 1.807) is 0 Å². The zero-order valence-electron chi connectivity index (χ0n) is 15.6. The summed E-state index contributed by atoms with van der Waals surface area (Å²) < 4.78 is 114. The van der Waals surface area contributed by atoms with Gasteiger partial charge < -0.3 is 11.5 Å². The van der Waals surface area contributed by atoms with Gasteiger partial charge in [-0.1, -0.05) is 42.6 Å². The summed E-state index contributed by atoms with van der Waals surface area (Å²) in [5.74, 6) is -2.47. The fourth-order valence-electron chi connectivity index (χ4n) is 2.48. The van der Waals surface area contributed by atoms with E-state index in [0.29, 0.717) is 17.2 Å². The van der Waals surface area contributed by atoms with Gasteiger partial charge in [0, 0.05) is 0 Å². The van der Waals surface area contributed by atoms with Crippen molar-refractivity contribution in [1.82, 2.24) is 9.78 Å². The van der Waals surface area contributed by atoms with Crippen LogP contribution in [0.15, 0.2) is 17.0 Å². The van der Waals surface area contributed by atoms with E-state index >= 15 is 0 Å². The summed E-state index contributed by atoms with van der Waals surface area (Å²) in [6, 6.07) is -0.389. The molecule has 2 aromatic rings. The molecule has 0 atom stereocenters. The van der Waals surface area contributed by atoms with Gasteiger partial charge in [0.25, 0.3) is 5.91 Å². The number of anilines is 2. The monoisotopic (exact) mass is 567 g/mol. The van der Waals surface area contributed by atoms with Crippen LogP contribution in [0.2, 0.25) is 10.0 Å². The van der Waals surface area contributed by atoms with Gasteiger partial charge in [0.05, 0.1) is 22.6 Å². The number of aromatic nitrogens is 2. The summed E-state index contributed by atoms with van der Waals surface area (Å²) in [5, 5.41) is 1.30. The fraction of sp³-hybridized carbons (Fsp3) is 0.167. The highest BCUT2D eigenvalue weighted by Crippen LogP contribution is 3.02. The van der Waals surface area contributed by atoms with Gasteiger partial charge in [-0.2, -0.15) is 8.81 Å². The Balaban J connectivity index is 2.98. The highest BCUT2D eigenvalue weighted by Gasteiger charge is 2.65. The van der Waals surface area contributed by atoms with Crippen molar-refractivity contribution in [3.05, 3.63) is 27.9 Å². The molecule has 0 aliphatic rings. The van der Waals surface area contributed by atoms with Crippen LogP contribution >= 0.6 is 33.4 Å². The summed E-state index contributed by atoms with van der Waals surface area (Å²) >= 11 is 11.4. The third-order valence-electron chi connectivity index (χ3n) is 3.56. The minimum absolute atomic E-state index is 0.194. The first-order chi connectivity index (χ1) is 13.9. The largest absolute Gasteiger partial charge is 0.382 e. The van der Waals surface area contributed by atoms with Crippen LogP contribution in [-0.4, -0.2) is 45.0 Å². The number of hydrogen-bond donors (Lipinski definition) is 2. The van der Waals surface area contributed by atoms with Crippen LogP contribution in [0, 0.1) is 0 Å². The number of nitrogens with two attached hydrogens (primary N) is 2. The van der Waals surface area contributed by atoms with E-state index in [2.05, 4.69) is 5.10 Å². The Morgan fingerprint density at radius 1 is 1.03 bits per heavy atom. The summed E-state index contributed by atoms with van der Waals surface area (Å²) in [6.07, 6.45) is 0.859. The topological polar surface area (TPSA) is 158 Å². The van der Waals surface area contributed by atoms with Crippen LogP contribution in [0.3, 0.4) is 0 Å². The van der Waals surface area contributed by atoms with Crippen LogP contribution in [0.25, 0.3) is 5.69 Å². The number of nitrogens with zero attached hydrogens (tertiary/aromatic N) is 3. The van der Waals surface area contributed by atoms with Crippen LogP contribution in [0.5, 0.6) is 0 Å². The number of primary amides is 1. The Kier molecular flexibility index (Phi) is 5.53. The van der Waals surface area contributed by atoms with Crippen molar-refractivity contribution in [3.63, 3.8) is 0 Å². The fourth-order valence-corrected chi connectivity index (χ4v) is 6.93. The number of benzene rings is 1. The summed E-state index contributed by atoms with van der Waals surface area (Å²) in [6.45, 7) is 0. The smallest absolute Gasteiger partial charge is 0.310 e. The maximum Gasteiger partial charge on any atom is 0.310 e. The zero-order chi connectivity index (χ0) is 25.3. The van der Waals surface area contributed by atoms with Gasteiger partial charge in [-0.05, 0) is 12.1 Å². The molecule has 0 radical (unpaired) electrons. The van der Waals surface area contributed by atoms with Crippen LogP contribution < -0.4 is 15.2 Å². The molecule has 20 heteroatoms. The second-order valence-electron chi connectivity index (χ2n) is 6.29. The Bertz CT molecular complexity index is 1320. The van der Waals surface area contributed by atoms with Gasteiger partial charge in [0.2, 0.25) is 20.0 Å². The van der Waals surface area contributed by atoms with Crippen molar-refractivity contribution in [2.24, 2.45) is 5.73 Å². The molecule has 0 bridgehead atoms. The van der Waals surface area contributed by atoms with Crippen molar-refractivity contribution in [1.29, 1.82) is 0 Å². The minimum atomic E-state index is -10.2. The van der Waals surface area contributed by atoms with E-state index in [9.17, 15) is 41.1 Å². The first kappa shape index (κ1) is 26.2. The highest BCUT2D eigenvalue weighted by molar-refractivity contribution is 8.45. The molecular weight excluding hydrogens is 556 g/mol. The van der Waals surface area contributed by atoms with Crippen molar-refractivity contribution in [2.45, 2.75) is 4.90 Å². The van der Waals surface area contributed by atoms with E-state index in [4.69, 9.17) is 34.7 Å². The van der Waals surface area contributed by atoms with Gasteiger partial charge in [-0.3, -0.25) is 4.79 Å². The van der Waals surface area contributed by atoms with Gasteiger partial charge in [-0.25, -0.2) is 21.5 Å². The molecule has 1 aromatic heterocycles. The van der Waals surface area contributed by atoms with E-state index in [1.807, 2.05) is 0 Å². The predicted octanol–water partition coefficient (Wildman–Crippen LogP) is 3.24. The Morgan fingerprint density at radius 2 is 1.44 bits per heavy atom. The van der Waals surface area contributed by atoms with Crippen molar-refractivity contribution in [3.8, 4) is 5.69 Å². The van der Waals surface area contributed by atoms with E-state index < -0.39 is 74.0 Å². The number of carbonyl (C=O) groups excluding carboxylic acids is 1. The molecule has 32 heavy (non-hydrogen) atoms. The lowest BCUT2D eigenvalue weighted by atomic mass is 10.3. The van der Waals surface area contributed by atoms with Gasteiger partial charge >= 0.3 is 10.2 Å². The quantitative estimate of drug-likeness (QED) is 0.507. The molecule has 4 N–H and O–H groups in total. The standard InChI is InChI=1S/C12H12Cl2F5N5O5S3/c1-30(26,27)24(31(2,28)29)10-8(12(21)25)22-23(11(10)20)9-6(13)3-5(4-7(9)14)32(15,16,17,18)19/h3-4H,20H2,1-2H3,(H2,21,25). The first-order valence-corrected chi connectivity index (χ1v) is 13.9. The van der Waals surface area contributed by atoms with Crippen LogP contribution in [0.1, 0.15) is 10.5 Å². The van der Waals surface area contributed by atoms with Gasteiger partial charge in [0.1, 0.15) is 16.3 Å². The minimum Gasteiger partial charge on any atom is -0.382 e. The highest BCUT2D eigenvalue weighted by atomic mass is 35.5. The number of hydrogen-bond acceptors (Lipinski definition) is 7. The summed E-state index contributed by atoms with van der Waals surface area (Å²) in [4.78, 5) is 9.32. The third kappa shape index (κ3) is 4.98. The molecule has 0 aliphatic heterocycles. The molecule has 0 unspecified atom stereocenters. The van der Waals surface area contributed by atoms with E-state index in [1.165, 1.54) is 0 Å². The zero-order valence-corrected chi connectivity index (χ0v) is 19.5. The predicted molar refractivity (Wildman–Crippen MR) is 110 cm³/mol. The molecule has 0 fully saturated rings. The number of halogens is 7. The Labute approximate surface area is 187 Å². The van der Waals surface area contributed by atoms with Gasteiger partial charge in [-0.15, -0.1) is 0 Å². The first-order valence-electron chi connectivity index (χ1n) is 7.48. The van der Waals surface area contributed by atoms with Crippen molar-refractivity contribution >= 4 is 70.9 Å². The Morgan fingerprint density at radius 3 is 1.75 bits per heavy atom. The molecule has 2 rings (SSSR count). The molecule has 182 valence electrons. The van der Waals surface area contributed by atoms with Crippen molar-refractivity contribution in [2.75, 3.05) is 22.0 Å². The lowest BCUT2D eigenvalue weighted by molar-refractivity contribution is 0.0996. The molecule has 1 heterocycles. The second-order valence-corrected chi connectivity index (χ2v) is 13.4. The lowest BCUT2D eigenvalue weighted by Gasteiger charge is -2.40. The SMILES string of the molecule is CS(=O)(=O)N(c1c(C(N)=O)nn(-c2c(Cl)cc(S(F)(F)(F)(F)F)cc2Cl)c1N)S(C)(=O)=O. The maximum absolute atomic E-state index is 13.1. The molecule has 0 spiro atoms. The molecule has 0 saturated heterocycles. The number of carbonyl (C=O) groups is 1. The molecule has 10 nitrogen and oxygen atoms in total. The molecule has 0 aliphatic carbocycles. The summed E-state index contributed by atoms with van der Waals surface area (Å²) in [7, 11) is -19.6. The second kappa shape index (κ2) is 6.75. The average molecular weight is 568 g/mol. The lowest BCUT2D eigenvalue weighted by Crippen LogP contribution is -2.37. The number of amides is 1. The maximum atomic E-state index is 13.1. The van der Waals surface area contributed by atoms with Crippen LogP contribution in [-0.2, 0) is 20.0 Å². The number of rotatable bonds is 6. The molecule has 1 amide bonds. The number of sulfonamides is 2. The van der Waals surface area contributed by atoms with E-state index in [0.717, 1.165) is 0 Å². The van der Waals surface area contributed by atoms with Gasteiger partial charge in [0.15, 0.2) is 11.5 Å². The van der Waals surface area contributed by atoms with Crippen molar-refractivity contribution < 1.29 is 41.1 Å². The molecule has 0 saturated carbocycles. The normalized spacial score (nSPS) is 15.2. The van der Waals surface area contributed by atoms with Crippen LogP contribution in [0.4, 0.5) is 30.9 Å². The Hall–Kier alpha value is -2.02.